The van der Waals surface area contributed by atoms with Crippen LogP contribution in [0, 0.1) is 0 Å². The maximum atomic E-state index is 13.0. The number of hydrogen-bond donors (Lipinski definition) is 1. The molecule has 1 aromatic carbocycles. The Morgan fingerprint density at radius 1 is 1.23 bits per heavy atom. The van der Waals surface area contributed by atoms with Crippen molar-refractivity contribution in [2.75, 3.05) is 13.1 Å². The lowest BCUT2D eigenvalue weighted by Gasteiger charge is -2.31. The molecule has 0 radical (unpaired) electrons. The molecule has 2 heterocycles. The standard InChI is InChI=1S/C18H21N3O/c19-13-4-3-9-21(11-13)18(22)15-10-17(12-7-8-12)20-16-6-2-1-5-14(15)16/h1-2,5-6,10,12-13H,3-4,7-9,11,19H2. The number of rotatable bonds is 2. The van der Waals surface area contributed by atoms with Crippen LogP contribution in [0.4, 0.5) is 0 Å². The molecule has 4 nitrogen and oxygen atoms in total. The van der Waals surface area contributed by atoms with Crippen LogP contribution in [0.1, 0.15) is 47.7 Å². The molecule has 2 N–H and O–H groups in total. The molecule has 1 saturated carbocycles. The van der Waals surface area contributed by atoms with Crippen LogP contribution < -0.4 is 5.73 Å². The Bertz CT molecular complexity index is 723. The van der Waals surface area contributed by atoms with Crippen LogP contribution in [0.25, 0.3) is 10.9 Å². The van der Waals surface area contributed by atoms with E-state index in [-0.39, 0.29) is 11.9 Å². The van der Waals surface area contributed by atoms with Gasteiger partial charge in [-0.25, -0.2) is 0 Å². The summed E-state index contributed by atoms with van der Waals surface area (Å²) in [5, 5.41) is 0.955. The van der Waals surface area contributed by atoms with E-state index in [4.69, 9.17) is 10.7 Å². The number of aromatic nitrogens is 1. The minimum Gasteiger partial charge on any atom is -0.337 e. The first-order chi connectivity index (χ1) is 10.7. The van der Waals surface area contributed by atoms with Crippen molar-refractivity contribution in [3.8, 4) is 0 Å². The van der Waals surface area contributed by atoms with Crippen molar-refractivity contribution in [3.63, 3.8) is 0 Å². The van der Waals surface area contributed by atoms with Crippen molar-refractivity contribution in [1.82, 2.24) is 9.88 Å². The Kier molecular flexibility index (Phi) is 3.34. The first kappa shape index (κ1) is 13.7. The minimum atomic E-state index is 0.105. The lowest BCUT2D eigenvalue weighted by atomic mass is 10.0. The monoisotopic (exact) mass is 295 g/mol. The second-order valence-electron chi connectivity index (χ2n) is 6.54. The number of piperidine rings is 1. The highest BCUT2D eigenvalue weighted by atomic mass is 16.2. The SMILES string of the molecule is NC1CCCN(C(=O)c2cc(C3CC3)nc3ccccc23)C1. The third kappa shape index (κ3) is 2.48. The van der Waals surface area contributed by atoms with Crippen molar-refractivity contribution in [2.45, 2.75) is 37.6 Å². The van der Waals surface area contributed by atoms with Gasteiger partial charge in [-0.2, -0.15) is 0 Å². The maximum Gasteiger partial charge on any atom is 0.254 e. The van der Waals surface area contributed by atoms with Crippen LogP contribution >= 0.6 is 0 Å². The zero-order valence-corrected chi connectivity index (χ0v) is 12.7. The Morgan fingerprint density at radius 2 is 2.05 bits per heavy atom. The fourth-order valence-electron chi connectivity index (χ4n) is 3.33. The molecule has 1 atom stereocenters. The van der Waals surface area contributed by atoms with Gasteiger partial charge in [-0.3, -0.25) is 9.78 Å². The molecular formula is C18H21N3O. The molecule has 0 spiro atoms. The molecule has 2 aromatic rings. The molecule has 1 unspecified atom stereocenters. The predicted molar refractivity (Wildman–Crippen MR) is 86.8 cm³/mol. The molecule has 2 fully saturated rings. The van der Waals surface area contributed by atoms with Gasteiger partial charge in [0.25, 0.3) is 5.91 Å². The van der Waals surface area contributed by atoms with Crippen LogP contribution in [0.15, 0.2) is 30.3 Å². The van der Waals surface area contributed by atoms with Crippen LogP contribution in [-0.2, 0) is 0 Å². The van der Waals surface area contributed by atoms with Crippen molar-refractivity contribution in [1.29, 1.82) is 0 Å². The lowest BCUT2D eigenvalue weighted by Crippen LogP contribution is -2.45. The highest BCUT2D eigenvalue weighted by molar-refractivity contribution is 6.06. The van der Waals surface area contributed by atoms with E-state index in [2.05, 4.69) is 0 Å². The summed E-state index contributed by atoms with van der Waals surface area (Å²) in [5.74, 6) is 0.649. The molecule has 1 amide bonds. The van der Waals surface area contributed by atoms with Gasteiger partial charge in [0, 0.05) is 36.1 Å². The van der Waals surface area contributed by atoms with Crippen molar-refractivity contribution < 1.29 is 4.79 Å². The summed E-state index contributed by atoms with van der Waals surface area (Å²) in [5.41, 5.74) is 8.83. The summed E-state index contributed by atoms with van der Waals surface area (Å²) < 4.78 is 0. The average Bonchev–Trinajstić information content (AvgIpc) is 3.38. The molecule has 1 aliphatic carbocycles. The number of carbonyl (C=O) groups excluding carboxylic acids is 1. The molecular weight excluding hydrogens is 274 g/mol. The van der Waals surface area contributed by atoms with Crippen LogP contribution in [-0.4, -0.2) is 34.9 Å². The van der Waals surface area contributed by atoms with Crippen molar-refractivity contribution in [2.24, 2.45) is 5.73 Å². The smallest absolute Gasteiger partial charge is 0.254 e. The molecule has 1 saturated heterocycles. The van der Waals surface area contributed by atoms with Gasteiger partial charge in [0.1, 0.15) is 0 Å². The van der Waals surface area contributed by atoms with E-state index in [9.17, 15) is 4.79 Å². The van der Waals surface area contributed by atoms with Gasteiger partial charge in [-0.05, 0) is 37.8 Å². The molecule has 22 heavy (non-hydrogen) atoms. The van der Waals surface area contributed by atoms with Crippen molar-refractivity contribution >= 4 is 16.8 Å². The highest BCUT2D eigenvalue weighted by Crippen LogP contribution is 2.40. The van der Waals surface area contributed by atoms with E-state index in [1.165, 1.54) is 12.8 Å². The Balaban J connectivity index is 1.77. The quantitative estimate of drug-likeness (QED) is 0.926. The Labute approximate surface area is 130 Å². The Morgan fingerprint density at radius 3 is 2.82 bits per heavy atom. The minimum absolute atomic E-state index is 0.105. The van der Waals surface area contributed by atoms with Gasteiger partial charge in [-0.15, -0.1) is 0 Å². The third-order valence-electron chi connectivity index (χ3n) is 4.71. The summed E-state index contributed by atoms with van der Waals surface area (Å²) >= 11 is 0. The van der Waals surface area contributed by atoms with Crippen LogP contribution in [0.2, 0.25) is 0 Å². The maximum absolute atomic E-state index is 13.0. The first-order valence-corrected chi connectivity index (χ1v) is 8.17. The second-order valence-corrected chi connectivity index (χ2v) is 6.54. The predicted octanol–water partition coefficient (Wildman–Crippen LogP) is 2.68. The van der Waals surface area contributed by atoms with Gasteiger partial charge < -0.3 is 10.6 Å². The van der Waals surface area contributed by atoms with Gasteiger partial charge in [-0.1, -0.05) is 18.2 Å². The summed E-state index contributed by atoms with van der Waals surface area (Å²) in [6, 6.07) is 10.1. The topological polar surface area (TPSA) is 59.2 Å². The lowest BCUT2D eigenvalue weighted by molar-refractivity contribution is 0.0710. The number of hydrogen-bond acceptors (Lipinski definition) is 3. The number of fused-ring (bicyclic) bond motifs is 1. The summed E-state index contributed by atoms with van der Waals surface area (Å²) in [7, 11) is 0. The third-order valence-corrected chi connectivity index (χ3v) is 4.71. The summed E-state index contributed by atoms with van der Waals surface area (Å²) in [6.45, 7) is 1.47. The number of carbonyl (C=O) groups is 1. The van der Waals surface area contributed by atoms with Gasteiger partial charge in [0.15, 0.2) is 0 Å². The van der Waals surface area contributed by atoms with Gasteiger partial charge >= 0.3 is 0 Å². The van der Waals surface area contributed by atoms with Crippen LogP contribution in [0.3, 0.4) is 0 Å². The van der Waals surface area contributed by atoms with Crippen molar-refractivity contribution in [3.05, 3.63) is 41.6 Å². The fraction of sp³-hybridized carbons (Fsp3) is 0.444. The number of nitrogens with two attached hydrogens (primary N) is 1. The van der Waals surface area contributed by atoms with E-state index in [1.54, 1.807) is 0 Å². The number of para-hydroxylation sites is 1. The number of benzene rings is 1. The molecule has 0 bridgehead atoms. The molecule has 4 rings (SSSR count). The highest BCUT2D eigenvalue weighted by Gasteiger charge is 2.29. The molecule has 114 valence electrons. The summed E-state index contributed by atoms with van der Waals surface area (Å²) in [4.78, 5) is 19.7. The molecule has 2 aliphatic rings. The number of likely N-dealkylation sites (tertiary alicyclic amines) is 1. The Hall–Kier alpha value is -1.94. The fourth-order valence-corrected chi connectivity index (χ4v) is 3.33. The first-order valence-electron chi connectivity index (χ1n) is 8.17. The van der Waals surface area contributed by atoms with E-state index in [1.807, 2.05) is 35.2 Å². The molecule has 1 aromatic heterocycles. The number of nitrogens with zero attached hydrogens (tertiary/aromatic N) is 2. The molecule has 1 aliphatic heterocycles. The van der Waals surface area contributed by atoms with E-state index < -0.39 is 0 Å². The number of amides is 1. The van der Waals surface area contributed by atoms with E-state index >= 15 is 0 Å². The van der Waals surface area contributed by atoms with Crippen LogP contribution in [0.5, 0.6) is 0 Å². The van der Waals surface area contributed by atoms with E-state index in [0.717, 1.165) is 41.5 Å². The average molecular weight is 295 g/mol. The zero-order chi connectivity index (χ0) is 15.1. The second kappa shape index (κ2) is 5.36. The normalized spacial score (nSPS) is 22.0. The largest absolute Gasteiger partial charge is 0.337 e. The number of pyridine rings is 1. The molecule has 4 heteroatoms. The summed E-state index contributed by atoms with van der Waals surface area (Å²) in [6.07, 6.45) is 4.38. The van der Waals surface area contributed by atoms with Gasteiger partial charge in [0.2, 0.25) is 0 Å². The van der Waals surface area contributed by atoms with E-state index in [0.29, 0.717) is 12.5 Å². The van der Waals surface area contributed by atoms with Gasteiger partial charge in [0.05, 0.1) is 11.1 Å². The zero-order valence-electron chi connectivity index (χ0n) is 12.7.